The van der Waals surface area contributed by atoms with Gasteiger partial charge in [-0.3, -0.25) is 0 Å². The van der Waals surface area contributed by atoms with Crippen LogP contribution in [0.2, 0.25) is 5.15 Å². The first kappa shape index (κ1) is 17.1. The van der Waals surface area contributed by atoms with Gasteiger partial charge in [0.15, 0.2) is 11.3 Å². The van der Waals surface area contributed by atoms with E-state index in [1.807, 2.05) is 46.2 Å². The normalized spacial score (nSPS) is 10.8. The summed E-state index contributed by atoms with van der Waals surface area (Å²) in [5.41, 5.74) is 6.85. The Morgan fingerprint density at radius 1 is 0.880 bits per heavy atom. The molecular weight excluding hydrogens is 336 g/mol. The van der Waals surface area contributed by atoms with Crippen molar-refractivity contribution in [2.75, 3.05) is 0 Å². The number of hydrogen-bond donors (Lipinski definition) is 0. The van der Waals surface area contributed by atoms with Crippen LogP contribution in [0.1, 0.15) is 28.2 Å². The minimum Gasteiger partial charge on any atom is -0.229 e. The summed E-state index contributed by atoms with van der Waals surface area (Å²) in [6, 6.07) is 3.62. The minimum atomic E-state index is 0.505. The molecule has 0 saturated heterocycles. The van der Waals surface area contributed by atoms with Gasteiger partial charge < -0.3 is 0 Å². The highest BCUT2D eigenvalue weighted by molar-refractivity contribution is 6.29. The maximum absolute atomic E-state index is 5.75. The predicted molar refractivity (Wildman–Crippen MR) is 100 cm³/mol. The zero-order valence-electron chi connectivity index (χ0n) is 14.7. The van der Waals surface area contributed by atoms with Crippen molar-refractivity contribution >= 4 is 29.0 Å². The molecule has 4 rings (SSSR count). The first-order valence-electron chi connectivity index (χ1n) is 7.84. The van der Waals surface area contributed by atoms with Crippen molar-refractivity contribution in [2.45, 2.75) is 27.7 Å². The van der Waals surface area contributed by atoms with Crippen LogP contribution < -0.4 is 0 Å². The molecule has 0 unspecified atom stereocenters. The van der Waals surface area contributed by atoms with Gasteiger partial charge in [-0.05, 0) is 45.9 Å². The van der Waals surface area contributed by atoms with E-state index in [-0.39, 0.29) is 0 Å². The zero-order valence-corrected chi connectivity index (χ0v) is 15.4. The third-order valence-corrected chi connectivity index (χ3v) is 4.31. The summed E-state index contributed by atoms with van der Waals surface area (Å²) in [4.78, 5) is 8.56. The van der Waals surface area contributed by atoms with Gasteiger partial charge in [0.25, 0.3) is 0 Å². The van der Waals surface area contributed by atoms with Crippen LogP contribution in [-0.4, -0.2) is 29.2 Å². The number of aryl methyl sites for hydroxylation is 4. The van der Waals surface area contributed by atoms with Crippen LogP contribution in [0.3, 0.4) is 0 Å². The number of halogens is 1. The van der Waals surface area contributed by atoms with Gasteiger partial charge in [0, 0.05) is 23.5 Å². The summed E-state index contributed by atoms with van der Waals surface area (Å²) >= 11 is 5.75. The molecule has 0 aliphatic heterocycles. The van der Waals surface area contributed by atoms with E-state index in [0.29, 0.717) is 5.15 Å². The molecule has 25 heavy (non-hydrogen) atoms. The fourth-order valence-corrected chi connectivity index (χ4v) is 2.54. The fraction of sp³-hybridized carbons (Fsp3) is 0.222. The summed E-state index contributed by atoms with van der Waals surface area (Å²) in [5.74, 6) is 0. The quantitative estimate of drug-likeness (QED) is 0.485. The van der Waals surface area contributed by atoms with Crippen LogP contribution in [-0.2, 0) is 0 Å². The molecule has 0 bridgehead atoms. The Hall–Kier alpha value is -2.73. The van der Waals surface area contributed by atoms with Crippen LogP contribution in [0.4, 0.5) is 0 Å². The van der Waals surface area contributed by atoms with Crippen LogP contribution in [0.15, 0.2) is 31.1 Å². The molecule has 0 N–H and O–H groups in total. The standard InChI is InChI=1S/C10H11N3.C8H8ClN3/c1-4-9-5-6-13-10(11-9)7(2)8(3)12-13;1-5-6(2)11-12-4-3-7(9)10-8(5)12/h4-6H,1H2,2-3H3;3-4H,1-2H3. The van der Waals surface area contributed by atoms with E-state index in [0.717, 1.165) is 39.5 Å². The lowest BCUT2D eigenvalue weighted by Crippen LogP contribution is -1.91. The molecular formula is C18H19ClN6. The SMILES string of the molecule is C=Cc1ccn2nc(C)c(C)c2n1.Cc1nn2ccc(Cl)nc2c1C. The maximum atomic E-state index is 5.75. The van der Waals surface area contributed by atoms with Crippen molar-refractivity contribution in [3.63, 3.8) is 0 Å². The third-order valence-electron chi connectivity index (χ3n) is 4.10. The molecule has 6 nitrogen and oxygen atoms in total. The Morgan fingerprint density at radius 2 is 1.40 bits per heavy atom. The first-order chi connectivity index (χ1) is 11.9. The molecule has 0 aliphatic rings. The van der Waals surface area contributed by atoms with E-state index in [2.05, 4.69) is 26.7 Å². The summed E-state index contributed by atoms with van der Waals surface area (Å²) in [6.45, 7) is 11.6. The van der Waals surface area contributed by atoms with E-state index in [9.17, 15) is 0 Å². The van der Waals surface area contributed by atoms with Crippen LogP contribution in [0.25, 0.3) is 17.4 Å². The van der Waals surface area contributed by atoms with Gasteiger partial charge in [-0.1, -0.05) is 18.2 Å². The molecule has 0 amide bonds. The molecule has 0 saturated carbocycles. The lowest BCUT2D eigenvalue weighted by atomic mass is 10.3. The predicted octanol–water partition coefficient (Wildman–Crippen LogP) is 3.99. The smallest absolute Gasteiger partial charge is 0.159 e. The van der Waals surface area contributed by atoms with Gasteiger partial charge in [0.1, 0.15) is 5.15 Å². The Morgan fingerprint density at radius 3 is 1.96 bits per heavy atom. The highest BCUT2D eigenvalue weighted by Gasteiger charge is 2.06. The largest absolute Gasteiger partial charge is 0.229 e. The molecule has 0 atom stereocenters. The average Bonchev–Trinajstić information content (AvgIpc) is 3.05. The first-order valence-corrected chi connectivity index (χ1v) is 8.21. The molecule has 0 aromatic carbocycles. The van der Waals surface area contributed by atoms with E-state index in [1.54, 1.807) is 21.2 Å². The number of nitrogens with zero attached hydrogens (tertiary/aromatic N) is 6. The van der Waals surface area contributed by atoms with E-state index < -0.39 is 0 Å². The maximum Gasteiger partial charge on any atom is 0.159 e. The summed E-state index contributed by atoms with van der Waals surface area (Å²) in [6.07, 6.45) is 5.45. The van der Waals surface area contributed by atoms with Crippen LogP contribution in [0.5, 0.6) is 0 Å². The molecule has 128 valence electrons. The summed E-state index contributed by atoms with van der Waals surface area (Å²) in [5, 5.41) is 9.06. The topological polar surface area (TPSA) is 60.4 Å². The molecule has 4 heterocycles. The van der Waals surface area contributed by atoms with Gasteiger partial charge in [0.05, 0.1) is 17.1 Å². The molecule has 0 aliphatic carbocycles. The van der Waals surface area contributed by atoms with Crippen LogP contribution >= 0.6 is 11.6 Å². The Kier molecular flexibility index (Phi) is 4.55. The van der Waals surface area contributed by atoms with Gasteiger partial charge >= 0.3 is 0 Å². The van der Waals surface area contributed by atoms with Gasteiger partial charge in [-0.25, -0.2) is 19.0 Å². The summed E-state index contributed by atoms with van der Waals surface area (Å²) < 4.78 is 3.52. The second kappa shape index (κ2) is 6.64. The number of rotatable bonds is 1. The Balaban J connectivity index is 0.000000146. The van der Waals surface area contributed by atoms with E-state index >= 15 is 0 Å². The molecule has 4 aromatic heterocycles. The second-order valence-electron chi connectivity index (χ2n) is 5.76. The van der Waals surface area contributed by atoms with Crippen molar-refractivity contribution in [1.29, 1.82) is 0 Å². The third kappa shape index (κ3) is 3.25. The lowest BCUT2D eigenvalue weighted by Gasteiger charge is -1.94. The van der Waals surface area contributed by atoms with Crippen molar-refractivity contribution in [3.05, 3.63) is 64.5 Å². The highest BCUT2D eigenvalue weighted by Crippen LogP contribution is 2.14. The molecule has 7 heteroatoms. The van der Waals surface area contributed by atoms with Crippen molar-refractivity contribution < 1.29 is 0 Å². The van der Waals surface area contributed by atoms with Gasteiger partial charge in [-0.2, -0.15) is 10.2 Å². The van der Waals surface area contributed by atoms with Crippen molar-refractivity contribution in [1.82, 2.24) is 29.2 Å². The number of fused-ring (bicyclic) bond motifs is 2. The molecule has 0 fully saturated rings. The average molecular weight is 355 g/mol. The molecule has 0 spiro atoms. The zero-order chi connectivity index (χ0) is 18.1. The highest BCUT2D eigenvalue weighted by atomic mass is 35.5. The second-order valence-corrected chi connectivity index (χ2v) is 6.15. The number of aromatic nitrogens is 6. The van der Waals surface area contributed by atoms with Crippen LogP contribution in [0, 0.1) is 27.7 Å². The van der Waals surface area contributed by atoms with E-state index in [1.165, 1.54) is 0 Å². The van der Waals surface area contributed by atoms with Crippen molar-refractivity contribution in [3.8, 4) is 0 Å². The van der Waals surface area contributed by atoms with Gasteiger partial charge in [0.2, 0.25) is 0 Å². The Bertz CT molecular complexity index is 1080. The minimum absolute atomic E-state index is 0.505. The Labute approximate surface area is 150 Å². The number of hydrogen-bond acceptors (Lipinski definition) is 4. The lowest BCUT2D eigenvalue weighted by molar-refractivity contribution is 0.915. The summed E-state index contributed by atoms with van der Waals surface area (Å²) in [7, 11) is 0. The van der Waals surface area contributed by atoms with Gasteiger partial charge in [-0.15, -0.1) is 0 Å². The molecule has 4 aromatic rings. The van der Waals surface area contributed by atoms with E-state index in [4.69, 9.17) is 11.6 Å². The fourth-order valence-electron chi connectivity index (χ4n) is 2.40. The van der Waals surface area contributed by atoms with Crippen molar-refractivity contribution in [2.24, 2.45) is 0 Å². The monoisotopic (exact) mass is 354 g/mol. The molecule has 0 radical (unpaired) electrons.